The van der Waals surface area contributed by atoms with Gasteiger partial charge in [-0.2, -0.15) is 0 Å². The maximum Gasteiger partial charge on any atom is 0.323 e. The summed E-state index contributed by atoms with van der Waals surface area (Å²) in [4.78, 5) is 23.5. The Morgan fingerprint density at radius 3 is 2.00 bits per heavy atom. The highest BCUT2D eigenvalue weighted by Crippen LogP contribution is 2.45. The van der Waals surface area contributed by atoms with E-state index in [9.17, 15) is 9.59 Å². The number of methoxy groups -OCH3 is 2. The van der Waals surface area contributed by atoms with E-state index in [4.69, 9.17) is 14.2 Å². The summed E-state index contributed by atoms with van der Waals surface area (Å²) in [5.41, 5.74) is -1.15. The van der Waals surface area contributed by atoms with E-state index in [0.29, 0.717) is 12.8 Å². The van der Waals surface area contributed by atoms with Gasteiger partial charge in [0.05, 0.1) is 26.4 Å². The van der Waals surface area contributed by atoms with Crippen molar-refractivity contribution in [2.75, 3.05) is 27.3 Å². The molecular formula is C13H21NO5. The molecule has 0 aromatic carbocycles. The number of carbonyl (C=O) groups is 2. The molecule has 1 N–H and O–H groups in total. The Bertz CT molecular complexity index is 327. The van der Waals surface area contributed by atoms with Crippen molar-refractivity contribution in [2.45, 2.75) is 37.9 Å². The van der Waals surface area contributed by atoms with Gasteiger partial charge >= 0.3 is 11.9 Å². The number of ether oxygens (including phenoxy) is 3. The normalized spacial score (nSPS) is 23.5. The Hall–Kier alpha value is -1.14. The number of esters is 2. The molecule has 0 spiro atoms. The summed E-state index contributed by atoms with van der Waals surface area (Å²) < 4.78 is 15.3. The molecule has 2 rings (SSSR count). The molecule has 1 saturated carbocycles. The van der Waals surface area contributed by atoms with E-state index in [1.807, 2.05) is 0 Å². The van der Waals surface area contributed by atoms with Crippen molar-refractivity contribution in [3.63, 3.8) is 0 Å². The van der Waals surface area contributed by atoms with Crippen molar-refractivity contribution < 1.29 is 23.8 Å². The summed E-state index contributed by atoms with van der Waals surface area (Å²) in [5, 5.41) is 3.27. The molecule has 1 saturated heterocycles. The summed E-state index contributed by atoms with van der Waals surface area (Å²) in [7, 11) is 2.57. The van der Waals surface area contributed by atoms with Crippen LogP contribution in [0, 0.1) is 5.41 Å². The largest absolute Gasteiger partial charge is 0.468 e. The second-order valence-electron chi connectivity index (χ2n) is 5.18. The van der Waals surface area contributed by atoms with Crippen molar-refractivity contribution >= 4 is 11.9 Å². The smallest absolute Gasteiger partial charge is 0.323 e. The molecule has 0 bridgehead atoms. The zero-order valence-electron chi connectivity index (χ0n) is 11.4. The molecule has 0 aromatic heterocycles. The van der Waals surface area contributed by atoms with Gasteiger partial charge in [0.2, 0.25) is 0 Å². The number of hydrogen-bond acceptors (Lipinski definition) is 6. The summed E-state index contributed by atoms with van der Waals surface area (Å²) in [6.07, 6.45) is 2.83. The predicted octanol–water partition coefficient (Wildman–Crippen LogP) is 0.250. The average molecular weight is 271 g/mol. The van der Waals surface area contributed by atoms with Gasteiger partial charge in [-0.05, 0) is 25.9 Å². The van der Waals surface area contributed by atoms with Gasteiger partial charge in [-0.3, -0.25) is 9.59 Å². The van der Waals surface area contributed by atoms with E-state index < -0.39 is 17.4 Å². The van der Waals surface area contributed by atoms with Crippen LogP contribution in [0.4, 0.5) is 0 Å². The fourth-order valence-electron chi connectivity index (χ4n) is 2.82. The summed E-state index contributed by atoms with van der Waals surface area (Å²) in [6.45, 7) is 1.91. The first-order chi connectivity index (χ1) is 9.12. The molecule has 1 heterocycles. The summed E-state index contributed by atoms with van der Waals surface area (Å²) in [6, 6.07) is 0. The van der Waals surface area contributed by atoms with Gasteiger partial charge in [0.15, 0.2) is 5.41 Å². The van der Waals surface area contributed by atoms with Crippen LogP contribution in [0.5, 0.6) is 0 Å². The molecule has 6 nitrogen and oxygen atoms in total. The predicted molar refractivity (Wildman–Crippen MR) is 66.5 cm³/mol. The van der Waals surface area contributed by atoms with E-state index in [1.165, 1.54) is 14.2 Å². The van der Waals surface area contributed by atoms with Crippen LogP contribution in [-0.4, -0.2) is 51.5 Å². The molecule has 6 heteroatoms. The lowest BCUT2D eigenvalue weighted by Crippen LogP contribution is -2.55. The SMILES string of the molecule is COC(=O)C1(C(=O)OC)CC(OC2CCNCC2)C1. The quantitative estimate of drug-likeness (QED) is 0.583. The number of carbonyl (C=O) groups excluding carboxylic acids is 2. The van der Waals surface area contributed by atoms with Crippen LogP contribution in [0.3, 0.4) is 0 Å². The van der Waals surface area contributed by atoms with E-state index in [0.717, 1.165) is 25.9 Å². The minimum absolute atomic E-state index is 0.0544. The Kier molecular flexibility index (Phi) is 4.42. The second kappa shape index (κ2) is 5.88. The highest BCUT2D eigenvalue weighted by molar-refractivity contribution is 6.01. The standard InChI is InChI=1S/C13H21NO5/c1-17-11(15)13(12(16)18-2)7-10(8-13)19-9-3-5-14-6-4-9/h9-10,14H,3-8H2,1-2H3. The average Bonchev–Trinajstić information content (AvgIpc) is 2.41. The Labute approximate surface area is 112 Å². The van der Waals surface area contributed by atoms with Gasteiger partial charge in [0.1, 0.15) is 0 Å². The topological polar surface area (TPSA) is 73.9 Å². The molecule has 0 aromatic rings. The number of rotatable bonds is 4. The third-order valence-corrected chi connectivity index (χ3v) is 3.98. The molecule has 0 amide bonds. The van der Waals surface area contributed by atoms with Crippen LogP contribution < -0.4 is 5.32 Å². The molecule has 0 atom stereocenters. The third kappa shape index (κ3) is 2.74. The fourth-order valence-corrected chi connectivity index (χ4v) is 2.82. The van der Waals surface area contributed by atoms with E-state index >= 15 is 0 Å². The number of nitrogens with one attached hydrogen (secondary N) is 1. The monoisotopic (exact) mass is 271 g/mol. The van der Waals surface area contributed by atoms with Crippen LogP contribution in [0.25, 0.3) is 0 Å². The van der Waals surface area contributed by atoms with Crippen molar-refractivity contribution in [2.24, 2.45) is 5.41 Å². The molecule has 1 aliphatic carbocycles. The molecule has 19 heavy (non-hydrogen) atoms. The molecule has 2 aliphatic rings. The van der Waals surface area contributed by atoms with E-state index in [-0.39, 0.29) is 12.2 Å². The van der Waals surface area contributed by atoms with Crippen LogP contribution >= 0.6 is 0 Å². The summed E-state index contributed by atoms with van der Waals surface area (Å²) in [5.74, 6) is -1.05. The zero-order chi connectivity index (χ0) is 13.9. The van der Waals surface area contributed by atoms with E-state index in [1.54, 1.807) is 0 Å². The lowest BCUT2D eigenvalue weighted by molar-refractivity contribution is -0.193. The molecule has 2 fully saturated rings. The van der Waals surface area contributed by atoms with Gasteiger partial charge in [-0.15, -0.1) is 0 Å². The van der Waals surface area contributed by atoms with Crippen LogP contribution in [0.2, 0.25) is 0 Å². The fraction of sp³-hybridized carbons (Fsp3) is 0.846. The lowest BCUT2D eigenvalue weighted by Gasteiger charge is -2.44. The Morgan fingerprint density at radius 2 is 1.53 bits per heavy atom. The first-order valence-electron chi connectivity index (χ1n) is 6.65. The third-order valence-electron chi connectivity index (χ3n) is 3.98. The zero-order valence-corrected chi connectivity index (χ0v) is 11.4. The van der Waals surface area contributed by atoms with Gasteiger partial charge in [-0.25, -0.2) is 0 Å². The van der Waals surface area contributed by atoms with E-state index in [2.05, 4.69) is 5.32 Å². The van der Waals surface area contributed by atoms with Gasteiger partial charge in [0, 0.05) is 12.8 Å². The molecule has 0 unspecified atom stereocenters. The van der Waals surface area contributed by atoms with Gasteiger partial charge in [0.25, 0.3) is 0 Å². The number of piperidine rings is 1. The first-order valence-corrected chi connectivity index (χ1v) is 6.65. The van der Waals surface area contributed by atoms with Crippen LogP contribution in [0.1, 0.15) is 25.7 Å². The maximum atomic E-state index is 11.8. The Morgan fingerprint density at radius 1 is 1.00 bits per heavy atom. The maximum absolute atomic E-state index is 11.8. The molecule has 0 radical (unpaired) electrons. The minimum atomic E-state index is -1.15. The molecular weight excluding hydrogens is 250 g/mol. The van der Waals surface area contributed by atoms with Gasteiger partial charge < -0.3 is 19.5 Å². The Balaban J connectivity index is 1.89. The van der Waals surface area contributed by atoms with Gasteiger partial charge in [-0.1, -0.05) is 0 Å². The minimum Gasteiger partial charge on any atom is -0.468 e. The van der Waals surface area contributed by atoms with Crippen molar-refractivity contribution in [1.82, 2.24) is 5.32 Å². The highest BCUT2D eigenvalue weighted by atomic mass is 16.5. The summed E-state index contributed by atoms with van der Waals surface area (Å²) >= 11 is 0. The lowest BCUT2D eigenvalue weighted by atomic mass is 9.66. The van der Waals surface area contributed by atoms with Crippen molar-refractivity contribution in [3.05, 3.63) is 0 Å². The number of hydrogen-bond donors (Lipinski definition) is 1. The van der Waals surface area contributed by atoms with Crippen LogP contribution in [0.15, 0.2) is 0 Å². The first kappa shape index (κ1) is 14.3. The molecule has 1 aliphatic heterocycles. The van der Waals surface area contributed by atoms with Crippen molar-refractivity contribution in [3.8, 4) is 0 Å². The second-order valence-corrected chi connectivity index (χ2v) is 5.18. The highest BCUT2D eigenvalue weighted by Gasteiger charge is 2.59. The molecule has 108 valence electrons. The van der Waals surface area contributed by atoms with Crippen molar-refractivity contribution in [1.29, 1.82) is 0 Å². The van der Waals surface area contributed by atoms with Crippen LogP contribution in [-0.2, 0) is 23.8 Å².